The highest BCUT2D eigenvalue weighted by Gasteiger charge is 2.39. The topological polar surface area (TPSA) is 120 Å². The molecular weight excluding hydrogens is 656 g/mol. The molecule has 266 valence electrons. The second kappa shape index (κ2) is 15.2. The Kier molecular flexibility index (Phi) is 10.3. The predicted octanol–water partition coefficient (Wildman–Crippen LogP) is 6.80. The monoisotopic (exact) mass is 698 g/mol. The summed E-state index contributed by atoms with van der Waals surface area (Å²) in [6.45, 7) is 3.07. The van der Waals surface area contributed by atoms with Crippen LogP contribution in [0.3, 0.4) is 0 Å². The molecule has 2 aliphatic rings. The van der Waals surface area contributed by atoms with Crippen LogP contribution in [0.1, 0.15) is 74.0 Å². The Labute approximate surface area is 303 Å². The van der Waals surface area contributed by atoms with Crippen LogP contribution in [0.5, 0.6) is 5.75 Å². The van der Waals surface area contributed by atoms with Gasteiger partial charge in [0.05, 0.1) is 42.6 Å². The molecule has 5 atom stereocenters. The molecule has 1 saturated heterocycles. The molecule has 7 rings (SSSR count). The lowest BCUT2D eigenvalue weighted by Crippen LogP contribution is -2.44. The number of nitrogens with zero attached hydrogens (tertiary/aromatic N) is 2. The highest BCUT2D eigenvalue weighted by molar-refractivity contribution is 6.21. The number of carbonyl (C=O) groups is 2. The molecule has 5 unspecified atom stereocenters. The van der Waals surface area contributed by atoms with Crippen LogP contribution in [0.2, 0.25) is 0 Å². The standard InChI is InChI=1S/C43H42N2O7/c1-27-39(25-44(2)24-38(48)32-9-7-10-34(47)22-32)51-43(52-40(27)30-16-14-28(26-46)15-17-30)31-20-18-29(19-21-31)35-11-4-3-8-33(35)23-45-41(49)36-12-5-6-13-37(36)42(45)50/h3-22,27,38-40,43,46-48H,23-26H2,1-2H3. The Hall–Kier alpha value is -5.16. The number of benzene rings is 5. The summed E-state index contributed by atoms with van der Waals surface area (Å²) in [6.07, 6.45) is -2.04. The summed E-state index contributed by atoms with van der Waals surface area (Å²) in [5.74, 6) is -0.525. The van der Waals surface area contributed by atoms with Gasteiger partial charge < -0.3 is 29.7 Å². The zero-order chi connectivity index (χ0) is 36.4. The number of likely N-dealkylation sites (N-methyl/N-ethyl adjacent to an activating group) is 1. The number of hydrogen-bond acceptors (Lipinski definition) is 8. The fourth-order valence-electron chi connectivity index (χ4n) is 7.16. The number of rotatable bonds is 11. The van der Waals surface area contributed by atoms with Gasteiger partial charge in [0.15, 0.2) is 6.29 Å². The van der Waals surface area contributed by atoms with Crippen molar-refractivity contribution in [2.45, 2.75) is 44.7 Å². The number of imide groups is 1. The van der Waals surface area contributed by atoms with Crippen LogP contribution >= 0.6 is 0 Å². The number of amides is 2. The SMILES string of the molecule is CC1C(CN(C)CC(O)c2cccc(O)c2)OC(c2ccc(-c3ccccc3CN3C(=O)c4ccccc4C3=O)cc2)OC1c1ccc(CO)cc1. The van der Waals surface area contributed by atoms with Crippen LogP contribution in [-0.2, 0) is 22.6 Å². The Morgan fingerprint density at radius 1 is 0.769 bits per heavy atom. The van der Waals surface area contributed by atoms with E-state index in [1.54, 1.807) is 48.5 Å². The summed E-state index contributed by atoms with van der Waals surface area (Å²) in [4.78, 5) is 29.6. The fourth-order valence-corrected chi connectivity index (χ4v) is 7.16. The quantitative estimate of drug-likeness (QED) is 0.129. The minimum absolute atomic E-state index is 0.0458. The zero-order valence-corrected chi connectivity index (χ0v) is 29.1. The van der Waals surface area contributed by atoms with E-state index in [-0.39, 0.29) is 48.8 Å². The van der Waals surface area contributed by atoms with E-state index in [0.29, 0.717) is 29.8 Å². The number of aliphatic hydroxyl groups is 2. The van der Waals surface area contributed by atoms with Crippen molar-refractivity contribution < 1.29 is 34.4 Å². The van der Waals surface area contributed by atoms with Crippen molar-refractivity contribution in [3.63, 3.8) is 0 Å². The lowest BCUT2D eigenvalue weighted by Gasteiger charge is -2.42. The molecule has 9 heteroatoms. The van der Waals surface area contributed by atoms with Crippen LogP contribution in [0.25, 0.3) is 11.1 Å². The zero-order valence-electron chi connectivity index (χ0n) is 29.1. The van der Waals surface area contributed by atoms with Crippen molar-refractivity contribution >= 4 is 11.8 Å². The Morgan fingerprint density at radius 3 is 2.06 bits per heavy atom. The molecule has 5 aromatic rings. The molecule has 2 aliphatic heterocycles. The summed E-state index contributed by atoms with van der Waals surface area (Å²) in [5, 5.41) is 30.5. The van der Waals surface area contributed by atoms with E-state index < -0.39 is 12.4 Å². The number of phenolic OH excluding ortho intramolecular Hbond substituents is 1. The molecule has 0 saturated carbocycles. The number of fused-ring (bicyclic) bond motifs is 1. The van der Waals surface area contributed by atoms with E-state index in [1.807, 2.05) is 84.7 Å². The van der Waals surface area contributed by atoms with Gasteiger partial charge in [-0.25, -0.2) is 0 Å². The number of phenols is 1. The first kappa shape index (κ1) is 35.3. The number of aromatic hydroxyl groups is 1. The summed E-state index contributed by atoms with van der Waals surface area (Å²) in [5.41, 5.74) is 6.80. The van der Waals surface area contributed by atoms with E-state index in [2.05, 4.69) is 6.92 Å². The van der Waals surface area contributed by atoms with Crippen molar-refractivity contribution in [2.75, 3.05) is 20.1 Å². The molecule has 1 fully saturated rings. The van der Waals surface area contributed by atoms with Crippen LogP contribution < -0.4 is 0 Å². The summed E-state index contributed by atoms with van der Waals surface area (Å²) in [7, 11) is 1.94. The molecule has 3 N–H and O–H groups in total. The Bertz CT molecular complexity index is 2010. The van der Waals surface area contributed by atoms with E-state index >= 15 is 0 Å². The number of ether oxygens (including phenoxy) is 2. The molecular formula is C43H42N2O7. The van der Waals surface area contributed by atoms with Gasteiger partial charge in [0, 0.05) is 24.6 Å². The van der Waals surface area contributed by atoms with Gasteiger partial charge in [0.2, 0.25) is 0 Å². The predicted molar refractivity (Wildman–Crippen MR) is 196 cm³/mol. The molecule has 0 aliphatic carbocycles. The summed E-state index contributed by atoms with van der Waals surface area (Å²) >= 11 is 0. The van der Waals surface area contributed by atoms with E-state index in [1.165, 1.54) is 4.90 Å². The number of aliphatic hydroxyl groups excluding tert-OH is 2. The summed E-state index contributed by atoms with van der Waals surface area (Å²) in [6, 6.07) is 37.1. The largest absolute Gasteiger partial charge is 0.508 e. The molecule has 0 spiro atoms. The minimum atomic E-state index is -0.794. The first-order chi connectivity index (χ1) is 25.2. The Morgan fingerprint density at radius 2 is 1.40 bits per heavy atom. The molecule has 0 bridgehead atoms. The first-order valence-electron chi connectivity index (χ1n) is 17.5. The smallest absolute Gasteiger partial charge is 0.261 e. The highest BCUT2D eigenvalue weighted by atomic mass is 16.7. The van der Waals surface area contributed by atoms with E-state index in [0.717, 1.165) is 33.4 Å². The molecule has 0 radical (unpaired) electrons. The third-order valence-corrected chi connectivity index (χ3v) is 10.1. The maximum atomic E-state index is 13.1. The maximum Gasteiger partial charge on any atom is 0.261 e. The van der Waals surface area contributed by atoms with Gasteiger partial charge in [-0.2, -0.15) is 0 Å². The lowest BCUT2D eigenvalue weighted by atomic mass is 9.90. The number of carbonyl (C=O) groups excluding carboxylic acids is 2. The van der Waals surface area contributed by atoms with Gasteiger partial charge in [0.1, 0.15) is 5.75 Å². The fraction of sp³-hybridized carbons (Fsp3) is 0.256. The minimum Gasteiger partial charge on any atom is -0.508 e. The van der Waals surface area contributed by atoms with E-state index in [9.17, 15) is 24.9 Å². The average Bonchev–Trinajstić information content (AvgIpc) is 3.40. The van der Waals surface area contributed by atoms with Crippen molar-refractivity contribution in [3.8, 4) is 16.9 Å². The molecule has 0 aromatic heterocycles. The second-order valence-corrected chi connectivity index (χ2v) is 13.7. The van der Waals surface area contributed by atoms with Gasteiger partial charge in [0.25, 0.3) is 11.8 Å². The third-order valence-electron chi connectivity index (χ3n) is 10.1. The Balaban J connectivity index is 1.11. The van der Waals surface area contributed by atoms with Gasteiger partial charge in [-0.05, 0) is 64.7 Å². The van der Waals surface area contributed by atoms with Crippen molar-refractivity contribution in [3.05, 3.63) is 160 Å². The second-order valence-electron chi connectivity index (χ2n) is 13.7. The normalized spacial score (nSPS) is 20.7. The molecule has 5 aromatic carbocycles. The van der Waals surface area contributed by atoms with Gasteiger partial charge >= 0.3 is 0 Å². The van der Waals surface area contributed by atoms with Crippen molar-refractivity contribution in [1.82, 2.24) is 9.80 Å². The average molecular weight is 699 g/mol. The van der Waals surface area contributed by atoms with Gasteiger partial charge in [-0.3, -0.25) is 14.5 Å². The third kappa shape index (κ3) is 7.27. The molecule has 9 nitrogen and oxygen atoms in total. The van der Waals surface area contributed by atoms with Crippen molar-refractivity contribution in [2.24, 2.45) is 5.92 Å². The maximum absolute atomic E-state index is 13.1. The van der Waals surface area contributed by atoms with Crippen LogP contribution in [0, 0.1) is 5.92 Å². The van der Waals surface area contributed by atoms with Gasteiger partial charge in [-0.15, -0.1) is 0 Å². The van der Waals surface area contributed by atoms with Crippen LogP contribution in [-0.4, -0.2) is 63.2 Å². The summed E-state index contributed by atoms with van der Waals surface area (Å²) < 4.78 is 13.3. The first-order valence-corrected chi connectivity index (χ1v) is 17.5. The van der Waals surface area contributed by atoms with Crippen LogP contribution in [0.15, 0.2) is 121 Å². The highest BCUT2D eigenvalue weighted by Crippen LogP contribution is 2.42. The molecule has 52 heavy (non-hydrogen) atoms. The number of hydrogen-bond donors (Lipinski definition) is 3. The lowest BCUT2D eigenvalue weighted by molar-refractivity contribution is -0.276. The van der Waals surface area contributed by atoms with Crippen LogP contribution in [0.4, 0.5) is 0 Å². The van der Waals surface area contributed by atoms with E-state index in [4.69, 9.17) is 9.47 Å². The van der Waals surface area contributed by atoms with Crippen molar-refractivity contribution in [1.29, 1.82) is 0 Å². The molecule has 2 amide bonds. The van der Waals surface area contributed by atoms with Gasteiger partial charge in [-0.1, -0.05) is 104 Å². The molecule has 2 heterocycles.